The molecule has 1 aliphatic heterocycles. The summed E-state index contributed by atoms with van der Waals surface area (Å²) in [4.78, 5) is 8.75. The van der Waals surface area contributed by atoms with Crippen LogP contribution < -0.4 is 0 Å². The average Bonchev–Trinajstić information content (AvgIpc) is 2.15. The minimum absolute atomic E-state index is 0.0741. The lowest BCUT2D eigenvalue weighted by Crippen LogP contribution is -2.26. The highest BCUT2D eigenvalue weighted by molar-refractivity contribution is 6.29. The Hall–Kier alpha value is -0.890. The van der Waals surface area contributed by atoms with E-state index < -0.39 is 0 Å². The molecule has 0 aliphatic carbocycles. The van der Waals surface area contributed by atoms with Crippen molar-refractivity contribution in [3.8, 4) is 0 Å². The second-order valence-corrected chi connectivity index (χ2v) is 5.28. The van der Waals surface area contributed by atoms with Gasteiger partial charge >= 0.3 is 0 Å². The molecule has 2 nitrogen and oxygen atoms in total. The van der Waals surface area contributed by atoms with E-state index in [9.17, 15) is 0 Å². The van der Waals surface area contributed by atoms with Crippen LogP contribution >= 0.6 is 11.6 Å². The number of fused-ring (bicyclic) bond motifs is 1. The summed E-state index contributed by atoms with van der Waals surface area (Å²) in [5, 5.41) is 0.573. The van der Waals surface area contributed by atoms with Gasteiger partial charge in [-0.15, -0.1) is 0 Å². The van der Waals surface area contributed by atoms with Crippen LogP contribution in [0.4, 0.5) is 0 Å². The Bertz CT molecular complexity index is 416. The number of pyridine rings is 1. The molecule has 1 aromatic rings. The molecule has 1 aliphatic rings. The van der Waals surface area contributed by atoms with E-state index in [0.717, 1.165) is 24.2 Å². The molecule has 80 valence electrons. The number of aromatic nitrogens is 1. The SMILES string of the molecule is CC(C)(C)C1=NCCc2cc(Cl)ncc21. The first kappa shape index (κ1) is 10.6. The first-order valence-corrected chi connectivity index (χ1v) is 5.56. The lowest BCUT2D eigenvalue weighted by molar-refractivity contribution is 0.585. The van der Waals surface area contributed by atoms with E-state index in [-0.39, 0.29) is 5.41 Å². The van der Waals surface area contributed by atoms with E-state index >= 15 is 0 Å². The summed E-state index contributed by atoms with van der Waals surface area (Å²) < 4.78 is 0. The molecule has 0 saturated carbocycles. The zero-order chi connectivity index (χ0) is 11.1. The predicted molar refractivity (Wildman–Crippen MR) is 63.8 cm³/mol. The smallest absolute Gasteiger partial charge is 0.129 e. The molecular weight excluding hydrogens is 208 g/mol. The molecule has 0 radical (unpaired) electrons. The highest BCUT2D eigenvalue weighted by Crippen LogP contribution is 2.28. The molecule has 0 N–H and O–H groups in total. The number of aliphatic imine (C=N–C) groups is 1. The molecule has 2 rings (SSSR count). The van der Waals surface area contributed by atoms with Crippen molar-refractivity contribution >= 4 is 17.3 Å². The second kappa shape index (κ2) is 3.60. The summed E-state index contributed by atoms with van der Waals surface area (Å²) in [5.41, 5.74) is 3.66. The maximum Gasteiger partial charge on any atom is 0.129 e. The Morgan fingerprint density at radius 1 is 1.33 bits per heavy atom. The molecule has 0 amide bonds. The fourth-order valence-corrected chi connectivity index (χ4v) is 2.08. The Morgan fingerprint density at radius 3 is 2.73 bits per heavy atom. The third-order valence-electron chi connectivity index (χ3n) is 2.57. The van der Waals surface area contributed by atoms with Gasteiger partial charge in [-0.3, -0.25) is 4.99 Å². The van der Waals surface area contributed by atoms with E-state index in [1.165, 1.54) is 5.56 Å². The molecule has 0 fully saturated rings. The topological polar surface area (TPSA) is 25.2 Å². The predicted octanol–water partition coefficient (Wildman–Crippen LogP) is 3.13. The van der Waals surface area contributed by atoms with Gasteiger partial charge in [0, 0.05) is 29.4 Å². The normalized spacial score (nSPS) is 15.9. The first-order chi connectivity index (χ1) is 6.98. The summed E-state index contributed by atoms with van der Waals surface area (Å²) in [5.74, 6) is 0. The minimum Gasteiger partial charge on any atom is -0.288 e. The van der Waals surface area contributed by atoms with Gasteiger partial charge in [0.2, 0.25) is 0 Å². The van der Waals surface area contributed by atoms with Crippen molar-refractivity contribution in [3.63, 3.8) is 0 Å². The maximum atomic E-state index is 5.89. The summed E-state index contributed by atoms with van der Waals surface area (Å²) in [6, 6.07) is 1.96. The third-order valence-corrected chi connectivity index (χ3v) is 2.78. The van der Waals surface area contributed by atoms with Crippen LogP contribution in [0, 0.1) is 5.41 Å². The second-order valence-electron chi connectivity index (χ2n) is 4.89. The maximum absolute atomic E-state index is 5.89. The van der Waals surface area contributed by atoms with Gasteiger partial charge < -0.3 is 0 Å². The standard InChI is InChI=1S/C12H15ClN2/c1-12(2,3)11-9-7-15-10(13)6-8(9)4-5-14-11/h6-7H,4-5H2,1-3H3. The first-order valence-electron chi connectivity index (χ1n) is 5.18. The van der Waals surface area contributed by atoms with E-state index in [1.54, 1.807) is 0 Å². The van der Waals surface area contributed by atoms with E-state index in [2.05, 4.69) is 30.7 Å². The van der Waals surface area contributed by atoms with Crippen molar-refractivity contribution in [3.05, 3.63) is 28.5 Å². The molecule has 0 aromatic carbocycles. The molecule has 1 aromatic heterocycles. The zero-order valence-corrected chi connectivity index (χ0v) is 10.1. The molecule has 0 spiro atoms. The molecule has 0 saturated heterocycles. The minimum atomic E-state index is 0.0741. The molecule has 0 unspecified atom stereocenters. The van der Waals surface area contributed by atoms with Crippen LogP contribution in [0.2, 0.25) is 5.15 Å². The van der Waals surface area contributed by atoms with Crippen LogP contribution in [-0.2, 0) is 6.42 Å². The average molecular weight is 223 g/mol. The molecule has 2 heterocycles. The van der Waals surface area contributed by atoms with Gasteiger partial charge in [-0.25, -0.2) is 4.98 Å². The van der Waals surface area contributed by atoms with Gasteiger partial charge in [0.1, 0.15) is 5.15 Å². The molecule has 15 heavy (non-hydrogen) atoms. The Balaban J connectivity index is 2.52. The quantitative estimate of drug-likeness (QED) is 0.620. The molecular formula is C12H15ClN2. The number of rotatable bonds is 0. The molecule has 0 atom stereocenters. The Labute approximate surface area is 95.4 Å². The van der Waals surface area contributed by atoms with Crippen molar-refractivity contribution in [1.82, 2.24) is 4.98 Å². The number of hydrogen-bond acceptors (Lipinski definition) is 2. The Kier molecular flexibility index (Phi) is 2.55. The van der Waals surface area contributed by atoms with Crippen LogP contribution in [0.3, 0.4) is 0 Å². The summed E-state index contributed by atoms with van der Waals surface area (Å²) in [6.45, 7) is 7.39. The van der Waals surface area contributed by atoms with Gasteiger partial charge in [-0.05, 0) is 18.1 Å². The van der Waals surface area contributed by atoms with Crippen LogP contribution in [0.5, 0.6) is 0 Å². The van der Waals surface area contributed by atoms with Gasteiger partial charge in [0.15, 0.2) is 0 Å². The van der Waals surface area contributed by atoms with Crippen molar-refractivity contribution in [2.75, 3.05) is 6.54 Å². The van der Waals surface area contributed by atoms with Crippen LogP contribution in [0.1, 0.15) is 31.9 Å². The van der Waals surface area contributed by atoms with E-state index in [4.69, 9.17) is 11.6 Å². The lowest BCUT2D eigenvalue weighted by atomic mass is 9.82. The van der Waals surface area contributed by atoms with Crippen LogP contribution in [0.25, 0.3) is 0 Å². The van der Waals surface area contributed by atoms with Gasteiger partial charge in [-0.1, -0.05) is 32.4 Å². The number of nitrogens with zero attached hydrogens (tertiary/aromatic N) is 2. The van der Waals surface area contributed by atoms with Crippen molar-refractivity contribution in [2.24, 2.45) is 10.4 Å². The van der Waals surface area contributed by atoms with Crippen molar-refractivity contribution < 1.29 is 0 Å². The van der Waals surface area contributed by atoms with Crippen LogP contribution in [-0.4, -0.2) is 17.2 Å². The summed E-state index contributed by atoms with van der Waals surface area (Å²) in [7, 11) is 0. The van der Waals surface area contributed by atoms with E-state index in [1.807, 2.05) is 12.3 Å². The zero-order valence-electron chi connectivity index (χ0n) is 9.34. The van der Waals surface area contributed by atoms with E-state index in [0.29, 0.717) is 5.15 Å². The fraction of sp³-hybridized carbons (Fsp3) is 0.500. The van der Waals surface area contributed by atoms with Crippen LogP contribution in [0.15, 0.2) is 17.3 Å². The van der Waals surface area contributed by atoms with Crippen molar-refractivity contribution in [2.45, 2.75) is 27.2 Å². The fourth-order valence-electron chi connectivity index (χ4n) is 1.90. The van der Waals surface area contributed by atoms with Gasteiger partial charge in [0.25, 0.3) is 0 Å². The highest BCUT2D eigenvalue weighted by Gasteiger charge is 2.25. The van der Waals surface area contributed by atoms with Crippen molar-refractivity contribution in [1.29, 1.82) is 0 Å². The Morgan fingerprint density at radius 2 is 2.07 bits per heavy atom. The highest BCUT2D eigenvalue weighted by atomic mass is 35.5. The third kappa shape index (κ3) is 2.05. The monoisotopic (exact) mass is 222 g/mol. The molecule has 0 bridgehead atoms. The number of halogens is 1. The summed E-state index contributed by atoms with van der Waals surface area (Å²) in [6.07, 6.45) is 2.82. The molecule has 3 heteroatoms. The lowest BCUT2D eigenvalue weighted by Gasteiger charge is -2.26. The largest absolute Gasteiger partial charge is 0.288 e. The van der Waals surface area contributed by atoms with Gasteiger partial charge in [-0.2, -0.15) is 0 Å². The summed E-state index contributed by atoms with van der Waals surface area (Å²) >= 11 is 5.89. The van der Waals surface area contributed by atoms with Gasteiger partial charge in [0.05, 0.1) is 0 Å². The number of hydrogen-bond donors (Lipinski definition) is 0.